The molecule has 0 aliphatic carbocycles. The van der Waals surface area contributed by atoms with Crippen molar-refractivity contribution in [3.05, 3.63) is 94.6 Å². The summed E-state index contributed by atoms with van der Waals surface area (Å²) in [6.45, 7) is 1.08. The molecule has 14 heteroatoms. The molecule has 1 atom stereocenters. The predicted octanol–water partition coefficient (Wildman–Crippen LogP) is 5.28. The van der Waals surface area contributed by atoms with E-state index < -0.39 is 70.8 Å². The quantitative estimate of drug-likeness (QED) is 0.148. The number of anilines is 1. The molecule has 3 aromatic rings. The van der Waals surface area contributed by atoms with Crippen LogP contribution in [0.4, 0.5) is 28.9 Å². The molecule has 0 unspecified atom stereocenters. The highest BCUT2D eigenvalue weighted by Gasteiger charge is 2.40. The van der Waals surface area contributed by atoms with E-state index in [-0.39, 0.29) is 34.3 Å². The summed E-state index contributed by atoms with van der Waals surface area (Å²) in [6.07, 6.45) is -0.424. The summed E-state index contributed by atoms with van der Waals surface area (Å²) < 4.78 is 60.7. The highest BCUT2D eigenvalue weighted by Crippen LogP contribution is 2.34. The molecule has 0 aromatic heterocycles. The van der Waals surface area contributed by atoms with Gasteiger partial charge >= 0.3 is 11.9 Å². The fourth-order valence-electron chi connectivity index (χ4n) is 3.89. The fraction of sp³-hybridized carbons (Fsp3) is 0.179. The third-order valence-electron chi connectivity index (χ3n) is 5.89. The number of rotatable bonds is 9. The van der Waals surface area contributed by atoms with Crippen LogP contribution in [0.5, 0.6) is 0 Å². The molecule has 1 saturated heterocycles. The van der Waals surface area contributed by atoms with Crippen LogP contribution in [0.25, 0.3) is 0 Å². The summed E-state index contributed by atoms with van der Waals surface area (Å²) in [5, 5.41) is 10.5. The first kappa shape index (κ1) is 30.2. The number of carbonyl (C=O) groups is 4. The van der Waals surface area contributed by atoms with Gasteiger partial charge in [-0.3, -0.25) is 14.5 Å². The van der Waals surface area contributed by atoms with Crippen molar-refractivity contribution in [1.82, 2.24) is 4.90 Å². The first-order valence-corrected chi connectivity index (χ1v) is 13.2. The molecule has 2 amide bonds. The van der Waals surface area contributed by atoms with Gasteiger partial charge in [-0.15, -0.1) is 0 Å². The molecular formula is C28H21F4N3O6S. The Balaban J connectivity index is 1.61. The SMILES string of the molecule is CCOC(=O)c1ccc(N=C2S[C@H](CC(=O)Nc3cccc(C(=O)O)c3)C(=O)N2Cc2cc(F)c(F)c(F)c2F)cc1. The van der Waals surface area contributed by atoms with Gasteiger partial charge in [0.1, 0.15) is 5.25 Å². The second-order valence-corrected chi connectivity index (χ2v) is 9.96. The van der Waals surface area contributed by atoms with Gasteiger partial charge in [0, 0.05) is 17.7 Å². The number of hydrogen-bond donors (Lipinski definition) is 2. The highest BCUT2D eigenvalue weighted by atomic mass is 32.2. The van der Waals surface area contributed by atoms with E-state index in [4.69, 9.17) is 9.84 Å². The van der Waals surface area contributed by atoms with E-state index in [1.54, 1.807) is 6.92 Å². The lowest BCUT2D eigenvalue weighted by Crippen LogP contribution is -2.33. The topological polar surface area (TPSA) is 125 Å². The van der Waals surface area contributed by atoms with Gasteiger partial charge in [0.25, 0.3) is 0 Å². The van der Waals surface area contributed by atoms with Gasteiger partial charge in [-0.1, -0.05) is 17.8 Å². The number of halogens is 4. The molecule has 218 valence electrons. The molecule has 4 rings (SSSR count). The number of carbonyl (C=O) groups excluding carboxylic acids is 3. The Hall–Kier alpha value is -4.72. The van der Waals surface area contributed by atoms with Crippen molar-refractivity contribution in [3.63, 3.8) is 0 Å². The van der Waals surface area contributed by atoms with Crippen LogP contribution in [-0.4, -0.2) is 50.8 Å². The molecule has 2 N–H and O–H groups in total. The summed E-state index contributed by atoms with van der Waals surface area (Å²) in [5.41, 5.74) is -0.0950. The molecule has 0 spiro atoms. The zero-order chi connectivity index (χ0) is 30.6. The maximum absolute atomic E-state index is 14.5. The number of amides is 2. The van der Waals surface area contributed by atoms with Crippen LogP contribution in [-0.2, 0) is 20.9 Å². The molecule has 1 heterocycles. The zero-order valence-corrected chi connectivity index (χ0v) is 22.5. The molecule has 42 heavy (non-hydrogen) atoms. The van der Waals surface area contributed by atoms with Crippen LogP contribution in [0.2, 0.25) is 0 Å². The molecule has 1 aliphatic rings. The molecule has 1 fully saturated rings. The molecule has 1 aliphatic heterocycles. The highest BCUT2D eigenvalue weighted by molar-refractivity contribution is 8.15. The van der Waals surface area contributed by atoms with Crippen molar-refractivity contribution in [3.8, 4) is 0 Å². The van der Waals surface area contributed by atoms with Crippen molar-refractivity contribution in [2.45, 2.75) is 25.1 Å². The van der Waals surface area contributed by atoms with Gasteiger partial charge in [0.05, 0.1) is 30.0 Å². The maximum atomic E-state index is 14.5. The van der Waals surface area contributed by atoms with Crippen LogP contribution in [0, 0.1) is 23.3 Å². The number of benzene rings is 3. The number of nitrogens with zero attached hydrogens (tertiary/aromatic N) is 2. The van der Waals surface area contributed by atoms with Gasteiger partial charge in [0.15, 0.2) is 28.4 Å². The van der Waals surface area contributed by atoms with E-state index in [9.17, 15) is 36.7 Å². The lowest BCUT2D eigenvalue weighted by atomic mass is 10.1. The molecule has 0 saturated carbocycles. The number of amidine groups is 1. The first-order chi connectivity index (χ1) is 20.0. The van der Waals surface area contributed by atoms with Crippen LogP contribution < -0.4 is 5.32 Å². The normalized spacial score (nSPS) is 15.6. The summed E-state index contributed by atoms with van der Waals surface area (Å²) in [5.74, 6) is -10.6. The fourth-order valence-corrected chi connectivity index (χ4v) is 5.04. The number of ether oxygens (including phenoxy) is 1. The molecule has 0 bridgehead atoms. The van der Waals surface area contributed by atoms with E-state index >= 15 is 0 Å². The summed E-state index contributed by atoms with van der Waals surface area (Å²) in [6, 6.07) is 11.6. The Morgan fingerprint density at radius 3 is 2.38 bits per heavy atom. The third-order valence-corrected chi connectivity index (χ3v) is 7.07. The van der Waals surface area contributed by atoms with Crippen LogP contribution in [0.3, 0.4) is 0 Å². The van der Waals surface area contributed by atoms with Crippen LogP contribution >= 0.6 is 11.8 Å². The minimum absolute atomic E-state index is 0.0564. The Kier molecular flexibility index (Phi) is 9.25. The molecular weight excluding hydrogens is 582 g/mol. The number of carboxylic acid groups (broad SMARTS) is 1. The Morgan fingerprint density at radius 1 is 1.00 bits per heavy atom. The first-order valence-electron chi connectivity index (χ1n) is 12.3. The Labute approximate surface area is 240 Å². The number of esters is 1. The van der Waals surface area contributed by atoms with Crippen molar-refractivity contribution in [2.75, 3.05) is 11.9 Å². The van der Waals surface area contributed by atoms with Crippen molar-refractivity contribution >= 4 is 52.1 Å². The average Bonchev–Trinajstić information content (AvgIpc) is 3.23. The van der Waals surface area contributed by atoms with Crippen molar-refractivity contribution < 1.29 is 46.6 Å². The average molecular weight is 604 g/mol. The van der Waals surface area contributed by atoms with Crippen LogP contribution in [0.1, 0.15) is 39.6 Å². The number of aromatic carboxylic acids is 1. The second kappa shape index (κ2) is 12.9. The lowest BCUT2D eigenvalue weighted by molar-refractivity contribution is -0.128. The minimum Gasteiger partial charge on any atom is -0.478 e. The molecule has 0 radical (unpaired) electrons. The summed E-state index contributed by atoms with van der Waals surface area (Å²) in [7, 11) is 0. The number of aliphatic imine (C=N–C) groups is 1. The maximum Gasteiger partial charge on any atom is 0.338 e. The van der Waals surface area contributed by atoms with E-state index in [0.717, 1.165) is 16.7 Å². The number of thioether (sulfide) groups is 1. The van der Waals surface area contributed by atoms with Crippen molar-refractivity contribution in [2.24, 2.45) is 4.99 Å². The lowest BCUT2D eigenvalue weighted by Gasteiger charge is -2.17. The number of carboxylic acids is 1. The predicted molar refractivity (Wildman–Crippen MR) is 144 cm³/mol. The van der Waals surface area contributed by atoms with Gasteiger partial charge in [-0.2, -0.15) is 0 Å². The van der Waals surface area contributed by atoms with E-state index in [1.165, 1.54) is 48.5 Å². The summed E-state index contributed by atoms with van der Waals surface area (Å²) in [4.78, 5) is 54.4. The Bertz CT molecular complexity index is 1600. The van der Waals surface area contributed by atoms with E-state index in [1.807, 2.05) is 0 Å². The van der Waals surface area contributed by atoms with Gasteiger partial charge in [-0.05, 0) is 55.5 Å². The Morgan fingerprint density at radius 2 is 1.71 bits per heavy atom. The second-order valence-electron chi connectivity index (χ2n) is 8.79. The van der Waals surface area contributed by atoms with Gasteiger partial charge in [0.2, 0.25) is 11.8 Å². The van der Waals surface area contributed by atoms with Crippen LogP contribution in [0.15, 0.2) is 59.6 Å². The van der Waals surface area contributed by atoms with Crippen molar-refractivity contribution in [1.29, 1.82) is 0 Å². The van der Waals surface area contributed by atoms with E-state index in [0.29, 0.717) is 6.07 Å². The summed E-state index contributed by atoms with van der Waals surface area (Å²) >= 11 is 0.820. The van der Waals surface area contributed by atoms with Gasteiger partial charge in [-0.25, -0.2) is 32.1 Å². The van der Waals surface area contributed by atoms with Gasteiger partial charge < -0.3 is 15.2 Å². The monoisotopic (exact) mass is 603 g/mol. The number of hydrogen-bond acceptors (Lipinski definition) is 7. The largest absolute Gasteiger partial charge is 0.478 e. The van der Waals surface area contributed by atoms with E-state index in [2.05, 4.69) is 10.3 Å². The third kappa shape index (κ3) is 6.77. The number of nitrogens with one attached hydrogen (secondary N) is 1. The standard InChI is InChI=1S/C28H21F4N3O6S/c1-2-41-27(40)14-6-8-17(9-7-14)34-28-35(13-16-11-19(29)23(31)24(32)22(16)30)25(37)20(42-28)12-21(36)33-18-5-3-4-15(10-18)26(38)39/h3-11,20H,2,12-13H2,1H3,(H,33,36)(H,38,39)/t20-/m1/s1. The zero-order valence-electron chi connectivity index (χ0n) is 21.7. The molecule has 3 aromatic carbocycles. The molecule has 9 nitrogen and oxygen atoms in total. The minimum atomic E-state index is -2.04. The smallest absolute Gasteiger partial charge is 0.338 e.